The molecule has 3 aliphatic heterocycles. The van der Waals surface area contributed by atoms with Crippen molar-refractivity contribution in [1.82, 2.24) is 29.8 Å². The van der Waals surface area contributed by atoms with Crippen molar-refractivity contribution >= 4 is 34.2 Å². The van der Waals surface area contributed by atoms with Gasteiger partial charge in [-0.3, -0.25) is 14.6 Å². The molecule has 1 unspecified atom stereocenters. The fourth-order valence-electron chi connectivity index (χ4n) is 7.30. The van der Waals surface area contributed by atoms with E-state index in [9.17, 15) is 13.6 Å². The van der Waals surface area contributed by atoms with Gasteiger partial charge in [-0.05, 0) is 57.9 Å². The number of halogens is 3. The van der Waals surface area contributed by atoms with Gasteiger partial charge in [0.1, 0.15) is 0 Å². The summed E-state index contributed by atoms with van der Waals surface area (Å²) in [6.45, 7) is 16.1. The number of nitrogens with zero attached hydrogens (tertiary/aromatic N) is 6. The van der Waals surface area contributed by atoms with Crippen molar-refractivity contribution in [1.29, 1.82) is 0 Å². The van der Waals surface area contributed by atoms with E-state index in [1.807, 2.05) is 11.1 Å². The average molecular weight is 662 g/mol. The van der Waals surface area contributed by atoms with Crippen LogP contribution in [0.15, 0.2) is 24.9 Å². The number of hydrogen-bond acceptors (Lipinski definition) is 7. The van der Waals surface area contributed by atoms with Crippen LogP contribution in [0.4, 0.5) is 14.6 Å². The number of likely N-dealkylation sites (N-methyl/N-ethyl adjacent to an activating group) is 1. The Bertz CT molecular complexity index is 1500. The van der Waals surface area contributed by atoms with Crippen LogP contribution in [0, 0.1) is 19.3 Å². The van der Waals surface area contributed by atoms with Gasteiger partial charge in [-0.1, -0.05) is 25.1 Å². The second kappa shape index (κ2) is 14.8. The second-order valence-electron chi connectivity index (χ2n) is 12.7. The number of hydrogen-bond donors (Lipinski definition) is 1. The smallest absolute Gasteiger partial charge is 0.245 e. The third-order valence-electron chi connectivity index (χ3n) is 9.64. The van der Waals surface area contributed by atoms with Crippen LogP contribution < -0.4 is 4.90 Å². The highest BCUT2D eigenvalue weighted by Crippen LogP contribution is 2.55. The molecule has 4 aliphatic rings. The fraction of sp³-hybridized carbons (Fsp3) is 0.606. The molecule has 0 radical (unpaired) electrons. The molecular formula is C33H46ClF2N7O3. The van der Waals surface area contributed by atoms with Crippen LogP contribution in [0.3, 0.4) is 0 Å². The minimum Gasteiger partial charge on any atom is -0.377 e. The Labute approximate surface area is 274 Å². The number of aromatic amines is 1. The third-order valence-corrected chi connectivity index (χ3v) is 10.1. The van der Waals surface area contributed by atoms with Gasteiger partial charge in [-0.2, -0.15) is 10.2 Å². The molecular weight excluding hydrogens is 616 g/mol. The van der Waals surface area contributed by atoms with Gasteiger partial charge in [-0.15, -0.1) is 0 Å². The molecule has 1 saturated carbocycles. The minimum atomic E-state index is -1.75. The van der Waals surface area contributed by atoms with Crippen molar-refractivity contribution in [2.45, 2.75) is 52.1 Å². The van der Waals surface area contributed by atoms with E-state index in [1.54, 1.807) is 0 Å². The van der Waals surface area contributed by atoms with Crippen molar-refractivity contribution in [2.24, 2.45) is 5.41 Å². The van der Waals surface area contributed by atoms with Crippen LogP contribution in [0.25, 0.3) is 22.0 Å². The second-order valence-corrected chi connectivity index (χ2v) is 13.1. The molecule has 7 rings (SSSR count). The molecule has 252 valence electrons. The Morgan fingerprint density at radius 1 is 1.15 bits per heavy atom. The molecule has 1 aromatic carbocycles. The van der Waals surface area contributed by atoms with Crippen molar-refractivity contribution < 1.29 is 23.0 Å². The van der Waals surface area contributed by atoms with Gasteiger partial charge in [0.05, 0.1) is 49.2 Å². The van der Waals surface area contributed by atoms with E-state index < -0.39 is 6.93 Å². The summed E-state index contributed by atoms with van der Waals surface area (Å²) in [5, 5.41) is 14.6. The fourth-order valence-corrected chi connectivity index (χ4v) is 7.55. The van der Waals surface area contributed by atoms with Gasteiger partial charge < -0.3 is 24.2 Å². The third kappa shape index (κ3) is 6.81. The first-order valence-electron chi connectivity index (χ1n) is 16.0. The molecule has 5 heterocycles. The highest BCUT2D eigenvalue weighted by atomic mass is 35.5. The normalized spacial score (nSPS) is 21.2. The average Bonchev–Trinajstić information content (AvgIpc) is 3.62. The molecule has 4 fully saturated rings. The highest BCUT2D eigenvalue weighted by molar-refractivity contribution is 6.36. The zero-order valence-electron chi connectivity index (χ0n) is 27.3. The number of carbonyl (C=O) groups excluding carboxylic acids is 1. The number of nitrogens with one attached hydrogen (secondary N) is 1. The summed E-state index contributed by atoms with van der Waals surface area (Å²) in [5.74, 6) is 1.07. The maximum absolute atomic E-state index is 12.0. The summed E-state index contributed by atoms with van der Waals surface area (Å²) < 4.78 is 31.4. The topological polar surface area (TPSA) is 91.8 Å². The van der Waals surface area contributed by atoms with Crippen LogP contribution in [0.5, 0.6) is 0 Å². The number of amides is 1. The lowest BCUT2D eigenvalue weighted by molar-refractivity contribution is -0.149. The number of likely N-dealkylation sites (tertiary alicyclic amines) is 1. The molecule has 13 heteroatoms. The van der Waals surface area contributed by atoms with E-state index in [0.29, 0.717) is 12.1 Å². The number of aromatic nitrogens is 4. The highest BCUT2D eigenvalue weighted by Gasteiger charge is 2.54. The molecule has 2 aromatic heterocycles. The van der Waals surface area contributed by atoms with Crippen LogP contribution in [-0.4, -0.2) is 115 Å². The van der Waals surface area contributed by atoms with Crippen LogP contribution in [-0.2, 0) is 14.3 Å². The lowest BCUT2D eigenvalue weighted by atomic mass is 9.60. The predicted octanol–water partition coefficient (Wildman–Crippen LogP) is 5.49. The summed E-state index contributed by atoms with van der Waals surface area (Å²) in [7, 11) is 2.20. The molecule has 1 N–H and O–H groups in total. The van der Waals surface area contributed by atoms with Crippen LogP contribution >= 0.6 is 11.6 Å². The van der Waals surface area contributed by atoms with Crippen LogP contribution in [0.1, 0.15) is 43.5 Å². The van der Waals surface area contributed by atoms with Crippen molar-refractivity contribution in [3.05, 3.63) is 41.2 Å². The SMILES string of the molecule is C1COCCO1.C=CC(=O)N1CC2(CC(n3nc(N4CCN(C)CC4CC)c(-c4c(Cl)c(C)cc5[nH]ncc45)c3C)C2)C1.FCF. The van der Waals surface area contributed by atoms with Gasteiger partial charge >= 0.3 is 0 Å². The summed E-state index contributed by atoms with van der Waals surface area (Å²) >= 11 is 7.06. The van der Waals surface area contributed by atoms with Crippen LogP contribution in [0.2, 0.25) is 5.02 Å². The standard InChI is InChI=1S/C28H36ClN7O.C4H8O2.CH2F2/c1-6-19-14-33(5)8-9-35(19)27-24(25-21-13-30-31-22(21)10-17(3)26(25)29)18(4)36(32-27)20-11-28(12-20)15-34(16-28)23(37)7-2;1-2-6-4-3-5-1;2-1-3/h7,10,13,19-20H,2,6,8-9,11-12,14-16H2,1,3-5H3,(H,30,31);1-4H2;1H2. The Morgan fingerprint density at radius 3 is 2.39 bits per heavy atom. The molecule has 3 aromatic rings. The number of anilines is 1. The Kier molecular flexibility index (Phi) is 11.0. The molecule has 1 aliphatic carbocycles. The monoisotopic (exact) mass is 661 g/mol. The first-order chi connectivity index (χ1) is 22.2. The first kappa shape index (κ1) is 34.3. The molecule has 0 bridgehead atoms. The van der Waals surface area contributed by atoms with E-state index >= 15 is 0 Å². The van der Waals surface area contributed by atoms with Crippen molar-refractivity contribution in [3.63, 3.8) is 0 Å². The van der Waals surface area contributed by atoms with Crippen molar-refractivity contribution in [2.75, 3.05) is 78.0 Å². The number of benzene rings is 1. The van der Waals surface area contributed by atoms with E-state index in [2.05, 4.69) is 65.1 Å². The maximum atomic E-state index is 12.0. The van der Waals surface area contributed by atoms with E-state index in [4.69, 9.17) is 26.2 Å². The predicted molar refractivity (Wildman–Crippen MR) is 177 cm³/mol. The van der Waals surface area contributed by atoms with E-state index in [-0.39, 0.29) is 11.3 Å². The Morgan fingerprint density at radius 2 is 1.80 bits per heavy atom. The van der Waals surface area contributed by atoms with Crippen molar-refractivity contribution in [3.8, 4) is 11.1 Å². The molecule has 1 amide bonds. The quantitative estimate of drug-likeness (QED) is 0.362. The largest absolute Gasteiger partial charge is 0.377 e. The maximum Gasteiger partial charge on any atom is 0.245 e. The van der Waals surface area contributed by atoms with Gasteiger partial charge in [0.2, 0.25) is 12.8 Å². The van der Waals surface area contributed by atoms with Gasteiger partial charge in [0, 0.05) is 66.4 Å². The molecule has 1 atom stereocenters. The number of carbonyl (C=O) groups is 1. The summed E-state index contributed by atoms with van der Waals surface area (Å²) in [5.41, 5.74) is 5.54. The zero-order valence-corrected chi connectivity index (χ0v) is 28.1. The van der Waals surface area contributed by atoms with E-state index in [1.165, 1.54) is 6.08 Å². The van der Waals surface area contributed by atoms with E-state index in [0.717, 1.165) is 123 Å². The van der Waals surface area contributed by atoms with Gasteiger partial charge in [0.15, 0.2) is 5.82 Å². The molecule has 1 spiro atoms. The summed E-state index contributed by atoms with van der Waals surface area (Å²) in [6.07, 6.45) is 6.44. The number of rotatable bonds is 5. The number of alkyl halides is 2. The summed E-state index contributed by atoms with van der Waals surface area (Å²) in [6, 6.07) is 2.78. The molecule has 46 heavy (non-hydrogen) atoms. The lowest BCUT2D eigenvalue weighted by Gasteiger charge is -2.58. The molecule has 3 saturated heterocycles. The number of aryl methyl sites for hydroxylation is 1. The number of piperazine rings is 1. The number of ether oxygens (including phenoxy) is 2. The van der Waals surface area contributed by atoms with Gasteiger partial charge in [-0.25, -0.2) is 8.78 Å². The first-order valence-corrected chi connectivity index (χ1v) is 16.4. The lowest BCUT2D eigenvalue weighted by Crippen LogP contribution is -2.63. The zero-order chi connectivity index (χ0) is 33.0. The Hall–Kier alpha value is -3.06. The number of fused-ring (bicyclic) bond motifs is 1. The Balaban J connectivity index is 0.000000405. The summed E-state index contributed by atoms with van der Waals surface area (Å²) in [4.78, 5) is 18.8. The van der Waals surface area contributed by atoms with Gasteiger partial charge in [0.25, 0.3) is 0 Å². The number of H-pyrrole nitrogens is 1. The minimum absolute atomic E-state index is 0.0350. The molecule has 10 nitrogen and oxygen atoms in total.